The zero-order chi connectivity index (χ0) is 16.2. The fraction of sp³-hybridized carbons (Fsp3) is 0.0556. The fourth-order valence-corrected chi connectivity index (χ4v) is 2.95. The summed E-state index contributed by atoms with van der Waals surface area (Å²) in [5, 5.41) is 4.00. The molecule has 2 aromatic carbocycles. The van der Waals surface area contributed by atoms with Gasteiger partial charge in [-0.05, 0) is 48.0 Å². The first kappa shape index (κ1) is 15.7. The molecular formula is C18H14Cl2N2O. The van der Waals surface area contributed by atoms with Crippen molar-refractivity contribution in [1.82, 2.24) is 9.88 Å². The summed E-state index contributed by atoms with van der Waals surface area (Å²) in [5.74, 6) is -0.148. The molecule has 1 aromatic heterocycles. The largest absolute Gasteiger partial charge is 0.348 e. The molecule has 0 atom stereocenters. The van der Waals surface area contributed by atoms with E-state index in [1.807, 2.05) is 47.3 Å². The molecule has 23 heavy (non-hydrogen) atoms. The van der Waals surface area contributed by atoms with Crippen molar-refractivity contribution in [2.45, 2.75) is 6.54 Å². The molecule has 1 amide bonds. The molecule has 0 unspecified atom stereocenters. The van der Waals surface area contributed by atoms with Crippen molar-refractivity contribution in [1.29, 1.82) is 0 Å². The molecule has 0 bridgehead atoms. The highest BCUT2D eigenvalue weighted by atomic mass is 35.5. The third kappa shape index (κ3) is 3.76. The summed E-state index contributed by atoms with van der Waals surface area (Å²) < 4.78 is 1.91. The van der Waals surface area contributed by atoms with Crippen LogP contribution in [0.2, 0.25) is 10.0 Å². The van der Waals surface area contributed by atoms with E-state index in [9.17, 15) is 4.79 Å². The van der Waals surface area contributed by atoms with Crippen molar-refractivity contribution in [3.8, 4) is 5.69 Å². The molecule has 0 saturated heterocycles. The van der Waals surface area contributed by atoms with Gasteiger partial charge in [-0.2, -0.15) is 0 Å². The van der Waals surface area contributed by atoms with Gasteiger partial charge in [-0.1, -0.05) is 35.3 Å². The highest BCUT2D eigenvalue weighted by Gasteiger charge is 2.11. The van der Waals surface area contributed by atoms with Crippen molar-refractivity contribution in [3.05, 3.63) is 88.2 Å². The summed E-state index contributed by atoms with van der Waals surface area (Å²) in [5.41, 5.74) is 2.30. The van der Waals surface area contributed by atoms with Gasteiger partial charge in [-0.25, -0.2) is 0 Å². The van der Waals surface area contributed by atoms with E-state index in [4.69, 9.17) is 23.2 Å². The zero-order valence-corrected chi connectivity index (χ0v) is 13.7. The first-order valence-electron chi connectivity index (χ1n) is 7.09. The number of hydrogen-bond acceptors (Lipinski definition) is 1. The van der Waals surface area contributed by atoms with Gasteiger partial charge in [0.05, 0.1) is 11.3 Å². The highest BCUT2D eigenvalue weighted by molar-refractivity contribution is 6.34. The topological polar surface area (TPSA) is 34.0 Å². The monoisotopic (exact) mass is 344 g/mol. The molecule has 1 heterocycles. The minimum absolute atomic E-state index is 0.148. The molecule has 1 N–H and O–H groups in total. The van der Waals surface area contributed by atoms with Crippen LogP contribution in [0.3, 0.4) is 0 Å². The Balaban J connectivity index is 1.79. The first-order valence-corrected chi connectivity index (χ1v) is 7.84. The lowest BCUT2D eigenvalue weighted by Crippen LogP contribution is -2.24. The second-order valence-corrected chi connectivity index (χ2v) is 5.94. The molecule has 3 aromatic rings. The average molecular weight is 345 g/mol. The minimum Gasteiger partial charge on any atom is -0.348 e. The number of carbonyl (C=O) groups is 1. The number of aromatic nitrogens is 1. The van der Waals surface area contributed by atoms with E-state index in [0.717, 1.165) is 11.3 Å². The SMILES string of the molecule is O=C(NCc1cc(Cl)cc(Cl)c1)c1ccccc1-n1cccc1. The molecule has 0 fully saturated rings. The zero-order valence-electron chi connectivity index (χ0n) is 12.2. The molecule has 116 valence electrons. The van der Waals surface area contributed by atoms with Gasteiger partial charge in [0.1, 0.15) is 0 Å². The molecule has 5 heteroatoms. The third-order valence-corrected chi connectivity index (χ3v) is 3.84. The molecule has 3 rings (SSSR count). The molecule has 0 aliphatic carbocycles. The molecular weight excluding hydrogens is 331 g/mol. The van der Waals surface area contributed by atoms with Crippen LogP contribution < -0.4 is 5.32 Å². The van der Waals surface area contributed by atoms with E-state index in [-0.39, 0.29) is 5.91 Å². The van der Waals surface area contributed by atoms with Crippen molar-refractivity contribution in [2.24, 2.45) is 0 Å². The Morgan fingerprint density at radius 1 is 0.957 bits per heavy atom. The van der Waals surface area contributed by atoms with Gasteiger partial charge in [-0.3, -0.25) is 4.79 Å². The second-order valence-electron chi connectivity index (χ2n) is 5.07. The van der Waals surface area contributed by atoms with E-state index in [0.29, 0.717) is 22.2 Å². The summed E-state index contributed by atoms with van der Waals surface area (Å²) in [6.07, 6.45) is 3.81. The number of halogens is 2. The summed E-state index contributed by atoms with van der Waals surface area (Å²) in [4.78, 5) is 12.5. The Labute approximate surface area is 144 Å². The predicted octanol–water partition coefficient (Wildman–Crippen LogP) is 4.71. The number of rotatable bonds is 4. The predicted molar refractivity (Wildman–Crippen MR) is 93.4 cm³/mol. The Hall–Kier alpha value is -2.23. The maximum Gasteiger partial charge on any atom is 0.253 e. The Kier molecular flexibility index (Phi) is 4.70. The number of amides is 1. The van der Waals surface area contributed by atoms with Crippen molar-refractivity contribution >= 4 is 29.1 Å². The molecule has 0 aliphatic rings. The van der Waals surface area contributed by atoms with Crippen molar-refractivity contribution in [2.75, 3.05) is 0 Å². The van der Waals surface area contributed by atoms with E-state index in [1.165, 1.54) is 0 Å². The maximum atomic E-state index is 12.5. The maximum absolute atomic E-state index is 12.5. The van der Waals surface area contributed by atoms with Crippen LogP contribution in [0, 0.1) is 0 Å². The number of hydrogen-bond donors (Lipinski definition) is 1. The second kappa shape index (κ2) is 6.90. The number of nitrogens with one attached hydrogen (secondary N) is 1. The summed E-state index contributed by atoms with van der Waals surface area (Å²) >= 11 is 11.9. The molecule has 0 radical (unpaired) electrons. The summed E-state index contributed by atoms with van der Waals surface area (Å²) in [6, 6.07) is 16.5. The Morgan fingerprint density at radius 2 is 1.61 bits per heavy atom. The third-order valence-electron chi connectivity index (χ3n) is 3.41. The normalized spacial score (nSPS) is 10.5. The average Bonchev–Trinajstić information content (AvgIpc) is 3.06. The Bertz CT molecular complexity index is 809. The van der Waals surface area contributed by atoms with Gasteiger partial charge < -0.3 is 9.88 Å². The van der Waals surface area contributed by atoms with E-state index < -0.39 is 0 Å². The summed E-state index contributed by atoms with van der Waals surface area (Å²) in [6.45, 7) is 0.360. The van der Waals surface area contributed by atoms with Crippen LogP contribution in [0.15, 0.2) is 67.0 Å². The van der Waals surface area contributed by atoms with Gasteiger partial charge in [0, 0.05) is 29.0 Å². The quantitative estimate of drug-likeness (QED) is 0.730. The van der Waals surface area contributed by atoms with E-state index >= 15 is 0 Å². The Morgan fingerprint density at radius 3 is 2.30 bits per heavy atom. The fourth-order valence-electron chi connectivity index (χ4n) is 2.38. The van der Waals surface area contributed by atoms with Gasteiger partial charge in [0.25, 0.3) is 5.91 Å². The lowest BCUT2D eigenvalue weighted by Gasteiger charge is -2.11. The van der Waals surface area contributed by atoms with Crippen molar-refractivity contribution < 1.29 is 4.79 Å². The van der Waals surface area contributed by atoms with Gasteiger partial charge in [-0.15, -0.1) is 0 Å². The molecule has 0 saturated carbocycles. The lowest BCUT2D eigenvalue weighted by atomic mass is 10.1. The van der Waals surface area contributed by atoms with E-state index in [2.05, 4.69) is 5.32 Å². The van der Waals surface area contributed by atoms with E-state index in [1.54, 1.807) is 24.3 Å². The van der Waals surface area contributed by atoms with Gasteiger partial charge >= 0.3 is 0 Å². The number of carbonyl (C=O) groups excluding carboxylic acids is 1. The number of para-hydroxylation sites is 1. The van der Waals surface area contributed by atoms with Crippen LogP contribution in [-0.2, 0) is 6.54 Å². The summed E-state index contributed by atoms with van der Waals surface area (Å²) in [7, 11) is 0. The smallest absolute Gasteiger partial charge is 0.253 e. The van der Waals surface area contributed by atoms with Crippen LogP contribution >= 0.6 is 23.2 Å². The van der Waals surface area contributed by atoms with Crippen LogP contribution in [0.4, 0.5) is 0 Å². The standard InChI is InChI=1S/C18H14Cl2N2O/c19-14-9-13(10-15(20)11-14)12-21-18(23)16-5-1-2-6-17(16)22-7-3-4-8-22/h1-11H,12H2,(H,21,23). The van der Waals surface area contributed by atoms with Crippen LogP contribution in [0.25, 0.3) is 5.69 Å². The highest BCUT2D eigenvalue weighted by Crippen LogP contribution is 2.19. The molecule has 0 aliphatic heterocycles. The first-order chi connectivity index (χ1) is 11.1. The van der Waals surface area contributed by atoms with Gasteiger partial charge in [0.2, 0.25) is 0 Å². The van der Waals surface area contributed by atoms with Crippen LogP contribution in [0.5, 0.6) is 0 Å². The lowest BCUT2D eigenvalue weighted by molar-refractivity contribution is 0.0951. The number of nitrogens with zero attached hydrogens (tertiary/aromatic N) is 1. The van der Waals surface area contributed by atoms with Crippen LogP contribution in [-0.4, -0.2) is 10.5 Å². The molecule has 3 nitrogen and oxygen atoms in total. The van der Waals surface area contributed by atoms with Gasteiger partial charge in [0.15, 0.2) is 0 Å². The van der Waals surface area contributed by atoms with Crippen LogP contribution in [0.1, 0.15) is 15.9 Å². The number of benzene rings is 2. The molecule has 0 spiro atoms. The minimum atomic E-state index is -0.148. The van der Waals surface area contributed by atoms with Crippen molar-refractivity contribution in [3.63, 3.8) is 0 Å².